The molecular formula is C11H19ClN4O. The van der Waals surface area contributed by atoms with Crippen LogP contribution in [0.4, 0.5) is 5.82 Å². The standard InChI is InChI=1S/C11H19ClN4O/c1-11(2,3)7(4-5-13)16-9-8(12)10(17)15-6-14-9/h6-7H,4-5,13H2,1-3H3,(H2,14,15,16,17). The largest absolute Gasteiger partial charge is 0.365 e. The topological polar surface area (TPSA) is 83.8 Å². The van der Waals surface area contributed by atoms with Gasteiger partial charge in [0.2, 0.25) is 0 Å². The van der Waals surface area contributed by atoms with E-state index in [1.807, 2.05) is 0 Å². The van der Waals surface area contributed by atoms with Crippen LogP contribution < -0.4 is 16.6 Å². The molecule has 0 aliphatic heterocycles. The van der Waals surface area contributed by atoms with Crippen LogP contribution in [0.25, 0.3) is 0 Å². The summed E-state index contributed by atoms with van der Waals surface area (Å²) < 4.78 is 0. The van der Waals surface area contributed by atoms with Crippen molar-refractivity contribution >= 4 is 17.4 Å². The van der Waals surface area contributed by atoms with Gasteiger partial charge in [0.15, 0.2) is 5.82 Å². The Balaban J connectivity index is 2.94. The fourth-order valence-corrected chi connectivity index (χ4v) is 1.69. The number of rotatable bonds is 4. The molecule has 0 amide bonds. The summed E-state index contributed by atoms with van der Waals surface area (Å²) in [7, 11) is 0. The molecule has 0 saturated carbocycles. The summed E-state index contributed by atoms with van der Waals surface area (Å²) in [4.78, 5) is 17.8. The number of nitrogens with one attached hydrogen (secondary N) is 2. The highest BCUT2D eigenvalue weighted by Crippen LogP contribution is 2.26. The molecule has 1 heterocycles. The maximum Gasteiger partial charge on any atom is 0.271 e. The summed E-state index contributed by atoms with van der Waals surface area (Å²) in [5.74, 6) is 0.406. The minimum absolute atomic E-state index is 0.00693. The lowest BCUT2D eigenvalue weighted by atomic mass is 9.85. The molecule has 1 rings (SSSR count). The lowest BCUT2D eigenvalue weighted by molar-refractivity contribution is 0.328. The van der Waals surface area contributed by atoms with Gasteiger partial charge in [0.1, 0.15) is 5.02 Å². The molecule has 0 bridgehead atoms. The van der Waals surface area contributed by atoms with Crippen molar-refractivity contribution in [1.82, 2.24) is 9.97 Å². The van der Waals surface area contributed by atoms with Crippen LogP contribution in [0.2, 0.25) is 5.02 Å². The molecule has 1 aromatic heterocycles. The highest BCUT2D eigenvalue weighted by molar-refractivity contribution is 6.32. The molecule has 0 aliphatic rings. The highest BCUT2D eigenvalue weighted by atomic mass is 35.5. The number of H-pyrrole nitrogens is 1. The van der Waals surface area contributed by atoms with Gasteiger partial charge < -0.3 is 16.0 Å². The van der Waals surface area contributed by atoms with Gasteiger partial charge in [-0.2, -0.15) is 0 Å². The second-order valence-corrected chi connectivity index (χ2v) is 5.41. The maximum atomic E-state index is 11.3. The smallest absolute Gasteiger partial charge is 0.271 e. The van der Waals surface area contributed by atoms with Crippen LogP contribution in [0.1, 0.15) is 27.2 Å². The number of nitrogens with zero attached hydrogens (tertiary/aromatic N) is 1. The van der Waals surface area contributed by atoms with Crippen LogP contribution in [-0.4, -0.2) is 22.6 Å². The van der Waals surface area contributed by atoms with E-state index in [2.05, 4.69) is 36.1 Å². The van der Waals surface area contributed by atoms with Gasteiger partial charge in [-0.15, -0.1) is 0 Å². The predicted octanol–water partition coefficient (Wildman–Crippen LogP) is 1.60. The Morgan fingerprint density at radius 2 is 2.24 bits per heavy atom. The van der Waals surface area contributed by atoms with E-state index < -0.39 is 0 Å². The number of nitrogens with two attached hydrogens (primary N) is 1. The van der Waals surface area contributed by atoms with Crippen molar-refractivity contribution in [3.63, 3.8) is 0 Å². The third-order valence-electron chi connectivity index (χ3n) is 2.61. The van der Waals surface area contributed by atoms with E-state index in [1.54, 1.807) is 0 Å². The van der Waals surface area contributed by atoms with E-state index in [1.165, 1.54) is 6.33 Å². The molecule has 1 unspecified atom stereocenters. The van der Waals surface area contributed by atoms with Crippen molar-refractivity contribution in [3.05, 3.63) is 21.7 Å². The molecule has 0 aliphatic carbocycles. The molecule has 1 aromatic rings. The first-order valence-electron chi connectivity index (χ1n) is 5.56. The highest BCUT2D eigenvalue weighted by Gasteiger charge is 2.25. The quantitative estimate of drug-likeness (QED) is 0.766. The Kier molecular flexibility index (Phi) is 4.54. The lowest BCUT2D eigenvalue weighted by Gasteiger charge is -2.31. The van der Waals surface area contributed by atoms with Gasteiger partial charge in [-0.05, 0) is 18.4 Å². The molecule has 5 nitrogen and oxygen atoms in total. The van der Waals surface area contributed by atoms with E-state index in [0.717, 1.165) is 6.42 Å². The molecule has 17 heavy (non-hydrogen) atoms. The first-order chi connectivity index (χ1) is 7.86. The Morgan fingerprint density at radius 1 is 1.59 bits per heavy atom. The molecule has 0 radical (unpaired) electrons. The average molecular weight is 259 g/mol. The van der Waals surface area contributed by atoms with Crippen molar-refractivity contribution in [1.29, 1.82) is 0 Å². The second kappa shape index (κ2) is 5.51. The van der Waals surface area contributed by atoms with Crippen LogP contribution >= 0.6 is 11.6 Å². The molecule has 1 atom stereocenters. The van der Waals surface area contributed by atoms with Gasteiger partial charge in [0.25, 0.3) is 5.56 Å². The molecule has 0 spiro atoms. The van der Waals surface area contributed by atoms with Gasteiger partial charge >= 0.3 is 0 Å². The normalized spacial score (nSPS) is 13.5. The fraction of sp³-hybridized carbons (Fsp3) is 0.636. The van der Waals surface area contributed by atoms with E-state index in [-0.39, 0.29) is 22.0 Å². The van der Waals surface area contributed by atoms with Crippen molar-refractivity contribution in [3.8, 4) is 0 Å². The Bertz CT molecular complexity index is 424. The average Bonchev–Trinajstić information content (AvgIpc) is 2.22. The van der Waals surface area contributed by atoms with E-state index >= 15 is 0 Å². The Labute approximate surface area is 106 Å². The fourth-order valence-electron chi connectivity index (χ4n) is 1.54. The molecule has 0 saturated heterocycles. The van der Waals surface area contributed by atoms with Crippen LogP contribution in [0, 0.1) is 5.41 Å². The van der Waals surface area contributed by atoms with Crippen LogP contribution in [-0.2, 0) is 0 Å². The number of aromatic amines is 1. The lowest BCUT2D eigenvalue weighted by Crippen LogP contribution is -2.36. The van der Waals surface area contributed by atoms with E-state index in [4.69, 9.17) is 17.3 Å². The Morgan fingerprint density at radius 3 is 2.76 bits per heavy atom. The molecule has 6 heteroatoms. The van der Waals surface area contributed by atoms with Gasteiger partial charge in [-0.3, -0.25) is 4.79 Å². The third kappa shape index (κ3) is 3.71. The van der Waals surface area contributed by atoms with Crippen molar-refractivity contribution in [2.45, 2.75) is 33.2 Å². The van der Waals surface area contributed by atoms with Gasteiger partial charge in [-0.25, -0.2) is 4.98 Å². The van der Waals surface area contributed by atoms with Crippen molar-refractivity contribution in [2.75, 3.05) is 11.9 Å². The molecule has 0 aromatic carbocycles. The van der Waals surface area contributed by atoms with Crippen LogP contribution in [0.5, 0.6) is 0 Å². The van der Waals surface area contributed by atoms with Crippen molar-refractivity contribution < 1.29 is 0 Å². The minimum Gasteiger partial charge on any atom is -0.365 e. The zero-order chi connectivity index (χ0) is 13.1. The molecule has 96 valence electrons. The number of anilines is 1. The summed E-state index contributed by atoms with van der Waals surface area (Å²) in [5.41, 5.74) is 5.25. The van der Waals surface area contributed by atoms with Gasteiger partial charge in [0, 0.05) is 6.04 Å². The van der Waals surface area contributed by atoms with Crippen LogP contribution in [0.15, 0.2) is 11.1 Å². The Hall–Kier alpha value is -1.07. The first kappa shape index (κ1) is 14.0. The zero-order valence-electron chi connectivity index (χ0n) is 10.4. The predicted molar refractivity (Wildman–Crippen MR) is 70.4 cm³/mol. The number of hydrogen-bond donors (Lipinski definition) is 3. The number of halogens is 1. The van der Waals surface area contributed by atoms with E-state index in [0.29, 0.717) is 12.4 Å². The van der Waals surface area contributed by atoms with Crippen molar-refractivity contribution in [2.24, 2.45) is 11.1 Å². The summed E-state index contributed by atoms with van der Waals surface area (Å²) in [5, 5.41) is 3.27. The monoisotopic (exact) mass is 258 g/mol. The second-order valence-electron chi connectivity index (χ2n) is 5.03. The summed E-state index contributed by atoms with van der Waals surface area (Å²) in [6.07, 6.45) is 2.12. The SMILES string of the molecule is CC(C)(C)C(CCN)Nc1nc[nH]c(=O)c1Cl. The third-order valence-corrected chi connectivity index (χ3v) is 2.96. The maximum absolute atomic E-state index is 11.3. The first-order valence-corrected chi connectivity index (χ1v) is 5.94. The van der Waals surface area contributed by atoms with Crippen LogP contribution in [0.3, 0.4) is 0 Å². The molecular weight excluding hydrogens is 240 g/mol. The zero-order valence-corrected chi connectivity index (χ0v) is 11.1. The summed E-state index contributed by atoms with van der Waals surface area (Å²) >= 11 is 5.89. The number of aromatic nitrogens is 2. The number of hydrogen-bond acceptors (Lipinski definition) is 4. The van der Waals surface area contributed by atoms with E-state index in [9.17, 15) is 4.79 Å². The molecule has 4 N–H and O–H groups in total. The summed E-state index contributed by atoms with van der Waals surface area (Å²) in [6.45, 7) is 6.86. The summed E-state index contributed by atoms with van der Waals surface area (Å²) in [6, 6.07) is 0.110. The molecule has 0 fully saturated rings. The van der Waals surface area contributed by atoms with Gasteiger partial charge in [0.05, 0.1) is 6.33 Å². The minimum atomic E-state index is -0.343. The van der Waals surface area contributed by atoms with Gasteiger partial charge in [-0.1, -0.05) is 32.4 Å².